The van der Waals surface area contributed by atoms with E-state index in [0.717, 1.165) is 87.9 Å². The Bertz CT molecular complexity index is 5690. The molecule has 3 aromatic heterocycles. The average Bonchev–Trinajstić information content (AvgIpc) is 1.65. The van der Waals surface area contributed by atoms with Gasteiger partial charge in [-0.1, -0.05) is 158 Å². The zero-order valence-electron chi connectivity index (χ0n) is 61.5. The van der Waals surface area contributed by atoms with Gasteiger partial charge in [-0.15, -0.1) is 0 Å². The van der Waals surface area contributed by atoms with E-state index in [1.165, 1.54) is 0 Å². The first-order valence-electron chi connectivity index (χ1n) is 35.2. The van der Waals surface area contributed by atoms with Crippen LogP contribution in [0.3, 0.4) is 0 Å². The number of fused-ring (bicyclic) bond motifs is 4. The molecule has 17 heteroatoms. The van der Waals surface area contributed by atoms with Crippen LogP contribution in [0.15, 0.2) is 240 Å². The summed E-state index contributed by atoms with van der Waals surface area (Å²) in [6.07, 6.45) is 4.85. The third-order valence-electron chi connectivity index (χ3n) is 18.6. The SMILES string of the molecule is CCOC(=O)c1cc(-c2ccc(OC)cc2OC)n(/N=C/c2cccc(-c3c4ccccc4cc4ccccc34)c2O)c1C.CCOC(=O)c1cc(C)n(/N=C/c2cc(C)cc(C)c2O)c1-c1ccccc1.CCOC(=O)c1cc(C)n(/N=C/c2cccc(-c3c4ccccc4cc4ccccc34)c2O)c1C. The van der Waals surface area contributed by atoms with E-state index in [1.807, 2.05) is 181 Å². The fourth-order valence-electron chi connectivity index (χ4n) is 13.5. The van der Waals surface area contributed by atoms with Gasteiger partial charge >= 0.3 is 17.9 Å². The number of benzene rings is 11. The fourth-order valence-corrected chi connectivity index (χ4v) is 13.5. The first kappa shape index (κ1) is 73.5. The Morgan fingerprint density at radius 1 is 0.393 bits per heavy atom. The minimum Gasteiger partial charge on any atom is -0.507 e. The van der Waals surface area contributed by atoms with Gasteiger partial charge in [-0.3, -0.25) is 0 Å². The van der Waals surface area contributed by atoms with Crippen molar-refractivity contribution < 1.29 is 53.4 Å². The lowest BCUT2D eigenvalue weighted by molar-refractivity contribution is 0.0515. The number of hydrogen-bond donors (Lipinski definition) is 3. The van der Waals surface area contributed by atoms with Crippen LogP contribution < -0.4 is 9.47 Å². The average molecular weight is 1420 g/mol. The quantitative estimate of drug-likeness (QED) is 0.0318. The van der Waals surface area contributed by atoms with Crippen LogP contribution in [0.5, 0.6) is 28.7 Å². The largest absolute Gasteiger partial charge is 0.507 e. The van der Waals surface area contributed by atoms with Crippen LogP contribution in [0.2, 0.25) is 0 Å². The van der Waals surface area contributed by atoms with Gasteiger partial charge in [0, 0.05) is 67.5 Å². The molecule has 538 valence electrons. The smallest absolute Gasteiger partial charge is 0.340 e. The summed E-state index contributed by atoms with van der Waals surface area (Å²) in [5.41, 5.74) is 14.0. The highest BCUT2D eigenvalue weighted by Gasteiger charge is 2.25. The number of aryl methyl sites for hydroxylation is 4. The first-order chi connectivity index (χ1) is 51.9. The lowest BCUT2D eigenvalue weighted by Gasteiger charge is -2.14. The number of aromatic nitrogens is 3. The molecule has 14 aromatic rings. The maximum Gasteiger partial charge on any atom is 0.340 e. The highest BCUT2D eigenvalue weighted by Crippen LogP contribution is 2.44. The van der Waals surface area contributed by atoms with Crippen molar-refractivity contribution in [3.8, 4) is 73.5 Å². The van der Waals surface area contributed by atoms with Crippen molar-refractivity contribution in [2.75, 3.05) is 34.0 Å². The van der Waals surface area contributed by atoms with Gasteiger partial charge in [-0.05, 0) is 177 Å². The summed E-state index contributed by atoms with van der Waals surface area (Å²) in [5.74, 6) is 0.468. The Morgan fingerprint density at radius 3 is 1.32 bits per heavy atom. The normalized spacial score (nSPS) is 11.4. The van der Waals surface area contributed by atoms with E-state index in [2.05, 4.69) is 70.9 Å². The molecule has 0 aliphatic rings. The van der Waals surface area contributed by atoms with Crippen molar-refractivity contribution in [2.24, 2.45) is 15.3 Å². The molecule has 0 amide bonds. The van der Waals surface area contributed by atoms with Crippen molar-refractivity contribution in [3.63, 3.8) is 0 Å². The summed E-state index contributed by atoms with van der Waals surface area (Å²) < 4.78 is 31.8. The Kier molecular flexibility index (Phi) is 22.4. The summed E-state index contributed by atoms with van der Waals surface area (Å²) >= 11 is 0. The third kappa shape index (κ3) is 15.2. The number of rotatable bonds is 18. The van der Waals surface area contributed by atoms with E-state index in [-0.39, 0.29) is 35.8 Å². The predicted octanol–water partition coefficient (Wildman–Crippen LogP) is 19.9. The van der Waals surface area contributed by atoms with Gasteiger partial charge in [0.25, 0.3) is 0 Å². The molecule has 0 radical (unpaired) electrons. The number of ether oxygens (including phenoxy) is 5. The third-order valence-corrected chi connectivity index (χ3v) is 18.6. The molecule has 11 aromatic carbocycles. The summed E-state index contributed by atoms with van der Waals surface area (Å²) in [5, 5.41) is 56.0. The van der Waals surface area contributed by atoms with Crippen molar-refractivity contribution in [2.45, 2.75) is 62.3 Å². The zero-order valence-corrected chi connectivity index (χ0v) is 61.5. The summed E-state index contributed by atoms with van der Waals surface area (Å²) in [7, 11) is 3.17. The molecular weight excluding hydrogens is 1340 g/mol. The van der Waals surface area contributed by atoms with Crippen molar-refractivity contribution in [1.82, 2.24) is 14.0 Å². The molecule has 17 nitrogen and oxygen atoms in total. The molecule has 0 saturated heterocycles. The number of methoxy groups -OCH3 is 2. The van der Waals surface area contributed by atoms with Gasteiger partial charge in [0.1, 0.15) is 28.7 Å². The van der Waals surface area contributed by atoms with Crippen LogP contribution in [0.25, 0.3) is 87.9 Å². The lowest BCUT2D eigenvalue weighted by atomic mass is 9.91. The van der Waals surface area contributed by atoms with Gasteiger partial charge in [0.15, 0.2) is 0 Å². The van der Waals surface area contributed by atoms with Gasteiger partial charge in [0.2, 0.25) is 0 Å². The number of carbonyl (C=O) groups excluding carboxylic acids is 3. The number of phenols is 3. The standard InChI is InChI=1S/C37H32N2O5.C30H26N2O3.C23H24N2O3/c1-5-44-37(41)32-21-33(30-18-17-27(42-3)20-34(30)43-4)39(23(32)2)38-22-26-13-10-16-31(36(26)40)35-28-14-8-6-11-24(28)19-25-12-7-9-15-29(25)35;1-4-35-30(34)27-16-19(2)32(20(27)3)31-18-23-12-9-15-26(29(23)33)28-24-13-7-5-10-21(24)17-22-11-6-8-14-25(22)28;1-5-28-23(27)20-13-17(4)25(21(20)18-9-7-6-8-10-18)24-14-19-12-15(2)11-16(3)22(19)26/h6-22,40H,5H2,1-4H3;5-18,33H,4H2,1-3H3;6-14,26H,5H2,1-4H3/b38-22+;31-18+;24-14+. The van der Waals surface area contributed by atoms with E-state index in [1.54, 1.807) is 91.9 Å². The van der Waals surface area contributed by atoms with Crippen LogP contribution in [-0.2, 0) is 14.2 Å². The van der Waals surface area contributed by atoms with Gasteiger partial charge in [0.05, 0.1) is 92.2 Å². The van der Waals surface area contributed by atoms with Crippen LogP contribution in [-0.4, -0.2) is 99.9 Å². The molecule has 0 bridgehead atoms. The van der Waals surface area contributed by atoms with E-state index < -0.39 is 5.97 Å². The summed E-state index contributed by atoms with van der Waals surface area (Å²) in [4.78, 5) is 37.6. The highest BCUT2D eigenvalue weighted by atomic mass is 16.5. The van der Waals surface area contributed by atoms with Crippen LogP contribution >= 0.6 is 0 Å². The van der Waals surface area contributed by atoms with Crippen LogP contribution in [0.1, 0.15) is 102 Å². The summed E-state index contributed by atoms with van der Waals surface area (Å²) in [6.45, 7) is 17.4. The molecular formula is C90H82N6O11. The Labute approximate surface area is 620 Å². The molecule has 14 rings (SSSR count). The topological polar surface area (TPSA) is 210 Å². The lowest BCUT2D eigenvalue weighted by Crippen LogP contribution is -2.06. The van der Waals surface area contributed by atoms with Gasteiger partial charge < -0.3 is 39.0 Å². The van der Waals surface area contributed by atoms with Gasteiger partial charge in [-0.2, -0.15) is 15.3 Å². The molecule has 0 saturated carbocycles. The maximum absolute atomic E-state index is 12.9. The summed E-state index contributed by atoms with van der Waals surface area (Å²) in [6, 6.07) is 72.6. The number of esters is 3. The predicted molar refractivity (Wildman–Crippen MR) is 428 cm³/mol. The monoisotopic (exact) mass is 1420 g/mol. The van der Waals surface area contributed by atoms with E-state index in [4.69, 9.17) is 28.8 Å². The number of carbonyl (C=O) groups is 3. The maximum atomic E-state index is 12.9. The highest BCUT2D eigenvalue weighted by molar-refractivity contribution is 6.15. The molecule has 0 atom stereocenters. The second-order valence-electron chi connectivity index (χ2n) is 25.5. The van der Waals surface area contributed by atoms with Crippen LogP contribution in [0.4, 0.5) is 0 Å². The minimum absolute atomic E-state index is 0.108. The number of para-hydroxylation sites is 2. The minimum atomic E-state index is -0.444. The van der Waals surface area contributed by atoms with E-state index in [9.17, 15) is 29.7 Å². The Hall–Kier alpha value is -13.3. The van der Waals surface area contributed by atoms with Crippen molar-refractivity contribution >= 4 is 79.6 Å². The number of aromatic hydroxyl groups is 3. The molecule has 0 aliphatic carbocycles. The Morgan fingerprint density at radius 2 is 0.822 bits per heavy atom. The first-order valence-corrected chi connectivity index (χ1v) is 35.2. The zero-order chi connectivity index (χ0) is 75.6. The second-order valence-corrected chi connectivity index (χ2v) is 25.5. The molecule has 3 N–H and O–H groups in total. The molecule has 0 fully saturated rings. The fraction of sp³-hybridized carbons (Fsp3) is 0.156. The molecule has 0 aliphatic heterocycles. The number of phenolic OH excluding ortho intramolecular Hbond substituents is 3. The van der Waals surface area contributed by atoms with Gasteiger partial charge in [-0.25, -0.2) is 28.4 Å². The number of nitrogens with zero attached hydrogens (tertiary/aromatic N) is 6. The van der Waals surface area contributed by atoms with E-state index >= 15 is 0 Å². The van der Waals surface area contributed by atoms with Crippen LogP contribution in [0, 0.1) is 41.5 Å². The molecule has 107 heavy (non-hydrogen) atoms. The Balaban J connectivity index is 0.000000154. The van der Waals surface area contributed by atoms with Crippen molar-refractivity contribution in [1.29, 1.82) is 0 Å². The second kappa shape index (κ2) is 32.6. The van der Waals surface area contributed by atoms with E-state index in [0.29, 0.717) is 92.0 Å². The number of hydrogen-bond acceptors (Lipinski definition) is 14. The molecule has 0 unspecified atom stereocenters. The molecule has 3 heterocycles. The molecule has 0 spiro atoms. The van der Waals surface area contributed by atoms with Crippen molar-refractivity contribution in [3.05, 3.63) is 292 Å².